The Labute approximate surface area is 125 Å². The fourth-order valence-electron chi connectivity index (χ4n) is 3.93. The number of rotatable bonds is 2. The second-order valence-corrected chi connectivity index (χ2v) is 7.87. The summed E-state index contributed by atoms with van der Waals surface area (Å²) in [5.74, 6) is 0.262. The molecule has 1 fully saturated rings. The average Bonchev–Trinajstić information content (AvgIpc) is 2.29. The molecular formula is C15H26N4O2. The van der Waals surface area contributed by atoms with E-state index in [1.807, 2.05) is 0 Å². The molecule has 118 valence electrons. The van der Waals surface area contributed by atoms with Crippen molar-refractivity contribution in [3.63, 3.8) is 0 Å². The number of aryl methyl sites for hydroxylation is 1. The van der Waals surface area contributed by atoms with Crippen LogP contribution in [0, 0.1) is 10.8 Å². The normalized spacial score (nSPS) is 21.2. The highest BCUT2D eigenvalue weighted by molar-refractivity contribution is 5.31. The molecule has 0 aliphatic heterocycles. The lowest BCUT2D eigenvalue weighted by Gasteiger charge is -2.45. The zero-order chi connectivity index (χ0) is 16.0. The van der Waals surface area contributed by atoms with Crippen molar-refractivity contribution < 1.29 is 0 Å². The molecule has 0 radical (unpaired) electrons. The van der Waals surface area contributed by atoms with Crippen molar-refractivity contribution >= 4 is 5.82 Å². The van der Waals surface area contributed by atoms with Gasteiger partial charge in [0.05, 0.1) is 0 Å². The number of hydrogen-bond acceptors (Lipinski definition) is 4. The predicted molar refractivity (Wildman–Crippen MR) is 83.5 cm³/mol. The summed E-state index contributed by atoms with van der Waals surface area (Å²) in [6, 6.07) is 0.196. The van der Waals surface area contributed by atoms with E-state index in [0.717, 1.165) is 23.8 Å². The van der Waals surface area contributed by atoms with E-state index in [2.05, 4.69) is 38.1 Å². The highest BCUT2D eigenvalue weighted by Gasteiger charge is 2.38. The monoisotopic (exact) mass is 294 g/mol. The first-order valence-corrected chi connectivity index (χ1v) is 7.42. The molecule has 2 rings (SSSR count). The molecule has 1 aromatic rings. The molecule has 0 aromatic carbocycles. The van der Waals surface area contributed by atoms with Crippen molar-refractivity contribution in [1.82, 2.24) is 14.3 Å². The fraction of sp³-hybridized carbons (Fsp3) is 0.800. The van der Waals surface area contributed by atoms with Crippen LogP contribution < -0.4 is 16.6 Å². The minimum Gasteiger partial charge on any atom is -0.361 e. The minimum atomic E-state index is -0.408. The Morgan fingerprint density at radius 1 is 1.10 bits per heavy atom. The van der Waals surface area contributed by atoms with Crippen LogP contribution in [0.4, 0.5) is 5.82 Å². The van der Waals surface area contributed by atoms with E-state index in [-0.39, 0.29) is 28.2 Å². The van der Waals surface area contributed by atoms with Gasteiger partial charge in [-0.1, -0.05) is 27.7 Å². The lowest BCUT2D eigenvalue weighted by molar-refractivity contribution is 0.105. The number of aromatic nitrogens is 3. The molecule has 1 aliphatic carbocycles. The Bertz CT molecular complexity index is 639. The SMILES string of the molecule is Cn1nc(NC2CC(C)(C)CC(C)(C)C2)c(=O)n(C)c1=O. The molecule has 6 heteroatoms. The predicted octanol–water partition coefficient (Wildman–Crippen LogP) is 1.50. The van der Waals surface area contributed by atoms with Crippen LogP contribution in [0.1, 0.15) is 47.0 Å². The third-order valence-electron chi connectivity index (χ3n) is 4.22. The zero-order valence-corrected chi connectivity index (χ0v) is 13.9. The minimum absolute atomic E-state index is 0.196. The van der Waals surface area contributed by atoms with Gasteiger partial charge in [-0.2, -0.15) is 0 Å². The first-order valence-electron chi connectivity index (χ1n) is 7.42. The molecule has 0 atom stereocenters. The summed E-state index contributed by atoms with van der Waals surface area (Å²) in [6.45, 7) is 9.04. The highest BCUT2D eigenvalue weighted by atomic mass is 16.2. The molecule has 0 unspecified atom stereocenters. The van der Waals surface area contributed by atoms with Gasteiger partial charge in [0.25, 0.3) is 5.56 Å². The molecule has 1 aliphatic rings. The summed E-state index contributed by atoms with van der Waals surface area (Å²) in [6.07, 6.45) is 3.14. The van der Waals surface area contributed by atoms with Crippen LogP contribution >= 0.6 is 0 Å². The number of nitrogens with zero attached hydrogens (tertiary/aromatic N) is 3. The first-order chi connectivity index (χ1) is 9.51. The maximum atomic E-state index is 12.2. The lowest BCUT2D eigenvalue weighted by Crippen LogP contribution is -2.44. The summed E-state index contributed by atoms with van der Waals surface area (Å²) in [5, 5.41) is 7.35. The molecule has 0 amide bonds. The molecule has 1 saturated carbocycles. The van der Waals surface area contributed by atoms with Crippen LogP contribution in [0.2, 0.25) is 0 Å². The number of hydrogen-bond donors (Lipinski definition) is 1. The van der Waals surface area contributed by atoms with Crippen molar-refractivity contribution in [2.45, 2.75) is 53.0 Å². The number of anilines is 1. The van der Waals surface area contributed by atoms with Crippen molar-refractivity contribution in [2.24, 2.45) is 24.9 Å². The van der Waals surface area contributed by atoms with Gasteiger partial charge in [-0.05, 0) is 30.1 Å². The van der Waals surface area contributed by atoms with Gasteiger partial charge < -0.3 is 5.32 Å². The first kappa shape index (κ1) is 15.8. The smallest absolute Gasteiger partial charge is 0.346 e. The topological polar surface area (TPSA) is 68.9 Å². The maximum absolute atomic E-state index is 12.2. The average molecular weight is 294 g/mol. The molecule has 1 aromatic heterocycles. The Kier molecular flexibility index (Phi) is 3.76. The summed E-state index contributed by atoms with van der Waals surface area (Å²) >= 11 is 0. The number of nitrogens with one attached hydrogen (secondary N) is 1. The van der Waals surface area contributed by atoms with Crippen LogP contribution in [-0.4, -0.2) is 20.4 Å². The molecule has 21 heavy (non-hydrogen) atoms. The quantitative estimate of drug-likeness (QED) is 0.897. The van der Waals surface area contributed by atoms with Gasteiger partial charge in [0.2, 0.25) is 5.82 Å². The Morgan fingerprint density at radius 3 is 2.14 bits per heavy atom. The van der Waals surface area contributed by atoms with Crippen molar-refractivity contribution in [3.05, 3.63) is 20.8 Å². The highest BCUT2D eigenvalue weighted by Crippen LogP contribution is 2.46. The molecule has 0 saturated heterocycles. The van der Waals surface area contributed by atoms with Crippen LogP contribution in [0.25, 0.3) is 0 Å². The third-order valence-corrected chi connectivity index (χ3v) is 4.22. The molecule has 0 spiro atoms. The Balaban J connectivity index is 2.31. The van der Waals surface area contributed by atoms with E-state index < -0.39 is 5.69 Å². The molecular weight excluding hydrogens is 268 g/mol. The largest absolute Gasteiger partial charge is 0.361 e. The van der Waals surface area contributed by atoms with Gasteiger partial charge in [0.15, 0.2) is 0 Å². The zero-order valence-electron chi connectivity index (χ0n) is 13.9. The molecule has 6 nitrogen and oxygen atoms in total. The van der Waals surface area contributed by atoms with Crippen molar-refractivity contribution in [3.8, 4) is 0 Å². The van der Waals surface area contributed by atoms with Crippen LogP contribution in [0.5, 0.6) is 0 Å². The van der Waals surface area contributed by atoms with E-state index in [1.54, 1.807) is 7.05 Å². The lowest BCUT2D eigenvalue weighted by atomic mass is 9.63. The second kappa shape index (κ2) is 5.00. The van der Waals surface area contributed by atoms with Gasteiger partial charge in [-0.3, -0.25) is 9.36 Å². The van der Waals surface area contributed by atoms with Crippen molar-refractivity contribution in [2.75, 3.05) is 5.32 Å². The third kappa shape index (κ3) is 3.36. The van der Waals surface area contributed by atoms with Gasteiger partial charge >= 0.3 is 5.69 Å². The van der Waals surface area contributed by atoms with E-state index in [1.165, 1.54) is 11.7 Å². The van der Waals surface area contributed by atoms with E-state index >= 15 is 0 Å². The van der Waals surface area contributed by atoms with Gasteiger partial charge in [0.1, 0.15) is 0 Å². The van der Waals surface area contributed by atoms with E-state index in [0.29, 0.717) is 0 Å². The summed E-state index contributed by atoms with van der Waals surface area (Å²) in [5.41, 5.74) is -0.314. The molecule has 1 heterocycles. The van der Waals surface area contributed by atoms with Gasteiger partial charge in [-0.25, -0.2) is 9.48 Å². The van der Waals surface area contributed by atoms with Crippen molar-refractivity contribution in [1.29, 1.82) is 0 Å². The van der Waals surface area contributed by atoms with Gasteiger partial charge in [-0.15, -0.1) is 5.10 Å². The second-order valence-electron chi connectivity index (χ2n) is 7.87. The van der Waals surface area contributed by atoms with Crippen LogP contribution in [0.3, 0.4) is 0 Å². The molecule has 0 bridgehead atoms. The summed E-state index contributed by atoms with van der Waals surface area (Å²) in [7, 11) is 3.04. The molecule has 1 N–H and O–H groups in total. The maximum Gasteiger partial charge on any atom is 0.346 e. The fourth-order valence-corrected chi connectivity index (χ4v) is 3.93. The van der Waals surface area contributed by atoms with Crippen LogP contribution in [-0.2, 0) is 14.1 Å². The van der Waals surface area contributed by atoms with E-state index in [9.17, 15) is 9.59 Å². The Hall–Kier alpha value is -1.59. The summed E-state index contributed by atoms with van der Waals surface area (Å²) in [4.78, 5) is 23.8. The Morgan fingerprint density at radius 2 is 1.62 bits per heavy atom. The van der Waals surface area contributed by atoms with E-state index in [4.69, 9.17) is 0 Å². The van der Waals surface area contributed by atoms with Gasteiger partial charge in [0, 0.05) is 20.1 Å². The summed E-state index contributed by atoms with van der Waals surface area (Å²) < 4.78 is 2.29. The van der Waals surface area contributed by atoms with Crippen LogP contribution in [0.15, 0.2) is 9.59 Å². The standard InChI is InChI=1S/C15H26N4O2/c1-14(2)7-10(8-15(3,4)9-14)16-11-12(20)18(5)13(21)19(6)17-11/h10H,7-9H2,1-6H3,(H,16,17).